The van der Waals surface area contributed by atoms with Crippen LogP contribution in [-0.4, -0.2) is 23.7 Å². The Morgan fingerprint density at radius 2 is 2.00 bits per heavy atom. The topological polar surface area (TPSA) is 38.7 Å². The van der Waals surface area contributed by atoms with E-state index in [0.717, 1.165) is 0 Å². The highest BCUT2D eigenvalue weighted by Crippen LogP contribution is 2.38. The van der Waals surface area contributed by atoms with E-state index in [4.69, 9.17) is 4.74 Å². The molecule has 1 aliphatic heterocycles. The predicted octanol–water partition coefficient (Wildman–Crippen LogP) is 3.13. The van der Waals surface area contributed by atoms with E-state index >= 15 is 0 Å². The van der Waals surface area contributed by atoms with Crippen molar-refractivity contribution in [3.8, 4) is 11.5 Å². The van der Waals surface area contributed by atoms with Gasteiger partial charge in [0.2, 0.25) is 0 Å². The van der Waals surface area contributed by atoms with Gasteiger partial charge in [0.1, 0.15) is 17.1 Å². The van der Waals surface area contributed by atoms with E-state index in [1.165, 1.54) is 18.2 Å². The van der Waals surface area contributed by atoms with E-state index in [-0.39, 0.29) is 12.4 Å². The van der Waals surface area contributed by atoms with Gasteiger partial charge >= 0.3 is 6.36 Å². The lowest BCUT2D eigenvalue weighted by Gasteiger charge is -2.31. The van der Waals surface area contributed by atoms with Crippen molar-refractivity contribution in [2.24, 2.45) is 0 Å². The fraction of sp³-hybridized carbons (Fsp3) is 0.385. The number of fused-ring (bicyclic) bond motifs is 1. The van der Waals surface area contributed by atoms with Crippen molar-refractivity contribution in [1.82, 2.24) is 0 Å². The Labute approximate surface area is 108 Å². The van der Waals surface area contributed by atoms with E-state index in [2.05, 4.69) is 4.74 Å². The van der Waals surface area contributed by atoms with Crippen LogP contribution in [0.4, 0.5) is 13.2 Å². The zero-order valence-electron chi connectivity index (χ0n) is 10.4. The van der Waals surface area contributed by atoms with E-state index in [0.29, 0.717) is 16.9 Å². The summed E-state index contributed by atoms with van der Waals surface area (Å²) in [5.41, 5.74) is 0.305. The van der Waals surface area contributed by atoms with Gasteiger partial charge in [0.25, 0.3) is 0 Å². The summed E-state index contributed by atoms with van der Waals surface area (Å²) in [7, 11) is 0. The van der Waals surface area contributed by atoms with Crippen LogP contribution in [0.2, 0.25) is 0 Å². The minimum atomic E-state index is -4.74. The molecule has 1 N–H and O–H groups in total. The summed E-state index contributed by atoms with van der Waals surface area (Å²) in [6, 6.07) is 3.80. The zero-order valence-corrected chi connectivity index (χ0v) is 10.4. The fourth-order valence-corrected chi connectivity index (χ4v) is 1.99. The van der Waals surface area contributed by atoms with Crippen LogP contribution in [0, 0.1) is 0 Å². The van der Waals surface area contributed by atoms with Crippen molar-refractivity contribution in [3.63, 3.8) is 0 Å². The van der Waals surface area contributed by atoms with Crippen molar-refractivity contribution >= 4 is 5.57 Å². The van der Waals surface area contributed by atoms with Gasteiger partial charge in [-0.25, -0.2) is 0 Å². The Balaban J connectivity index is 2.40. The molecule has 0 aliphatic carbocycles. The molecule has 0 saturated carbocycles. The van der Waals surface area contributed by atoms with Gasteiger partial charge in [-0.15, -0.1) is 13.2 Å². The second-order valence-electron chi connectivity index (χ2n) is 4.74. The first kappa shape index (κ1) is 13.7. The average molecular weight is 274 g/mol. The van der Waals surface area contributed by atoms with E-state index in [9.17, 15) is 18.3 Å². The number of benzene rings is 1. The zero-order chi connectivity index (χ0) is 14.3. The molecule has 1 aromatic carbocycles. The molecule has 0 saturated heterocycles. The fourth-order valence-electron chi connectivity index (χ4n) is 1.99. The van der Waals surface area contributed by atoms with E-state index < -0.39 is 12.0 Å². The van der Waals surface area contributed by atoms with Crippen molar-refractivity contribution in [2.45, 2.75) is 25.8 Å². The Kier molecular flexibility index (Phi) is 3.22. The maximum atomic E-state index is 12.2. The molecule has 1 aromatic rings. The molecular formula is C13H13F3O3. The molecule has 0 fully saturated rings. The number of aliphatic hydroxyl groups excluding tert-OH is 1. The molecule has 0 amide bonds. The number of hydrogen-bond acceptors (Lipinski definition) is 3. The molecule has 0 atom stereocenters. The van der Waals surface area contributed by atoms with Crippen LogP contribution in [0.1, 0.15) is 19.4 Å². The molecular weight excluding hydrogens is 261 g/mol. The molecule has 0 spiro atoms. The van der Waals surface area contributed by atoms with Crippen LogP contribution in [0.25, 0.3) is 5.57 Å². The largest absolute Gasteiger partial charge is 0.573 e. The molecule has 0 unspecified atom stereocenters. The van der Waals surface area contributed by atoms with Gasteiger partial charge in [-0.2, -0.15) is 0 Å². The first-order valence-corrected chi connectivity index (χ1v) is 5.62. The standard InChI is InChI=1S/C13H13F3O3/c1-12(2)6-8(7-17)10-5-9(18-13(14,15)16)3-4-11(10)19-12/h3-6,17H,7H2,1-2H3. The monoisotopic (exact) mass is 274 g/mol. The highest BCUT2D eigenvalue weighted by atomic mass is 19.4. The minimum Gasteiger partial charge on any atom is -0.483 e. The first-order chi connectivity index (χ1) is 8.70. The van der Waals surface area contributed by atoms with Gasteiger partial charge in [0, 0.05) is 5.56 Å². The predicted molar refractivity (Wildman–Crippen MR) is 62.9 cm³/mol. The van der Waals surface area contributed by atoms with Crippen molar-refractivity contribution in [1.29, 1.82) is 0 Å². The molecule has 1 heterocycles. The van der Waals surface area contributed by atoms with Crippen LogP contribution in [0.15, 0.2) is 24.3 Å². The number of aliphatic hydroxyl groups is 1. The van der Waals surface area contributed by atoms with Crippen LogP contribution < -0.4 is 9.47 Å². The Morgan fingerprint density at radius 3 is 2.58 bits per heavy atom. The van der Waals surface area contributed by atoms with Crippen LogP contribution in [-0.2, 0) is 0 Å². The third-order valence-electron chi connectivity index (χ3n) is 2.60. The van der Waals surface area contributed by atoms with Crippen molar-refractivity contribution in [2.75, 3.05) is 6.61 Å². The number of halogens is 3. The van der Waals surface area contributed by atoms with Crippen molar-refractivity contribution in [3.05, 3.63) is 29.8 Å². The summed E-state index contributed by atoms with van der Waals surface area (Å²) < 4.78 is 45.9. The minimum absolute atomic E-state index is 0.282. The first-order valence-electron chi connectivity index (χ1n) is 5.62. The summed E-state index contributed by atoms with van der Waals surface area (Å²) in [4.78, 5) is 0. The highest BCUT2D eigenvalue weighted by molar-refractivity contribution is 5.75. The molecule has 3 nitrogen and oxygen atoms in total. The van der Waals surface area contributed by atoms with Crippen LogP contribution >= 0.6 is 0 Å². The van der Waals surface area contributed by atoms with Gasteiger partial charge in [0.15, 0.2) is 0 Å². The van der Waals surface area contributed by atoms with Gasteiger partial charge in [-0.05, 0) is 43.7 Å². The number of rotatable bonds is 2. The van der Waals surface area contributed by atoms with E-state index in [1.54, 1.807) is 19.9 Å². The third-order valence-corrected chi connectivity index (χ3v) is 2.60. The summed E-state index contributed by atoms with van der Waals surface area (Å²) in [6.45, 7) is 3.31. The van der Waals surface area contributed by atoms with E-state index in [1.807, 2.05) is 0 Å². The average Bonchev–Trinajstić information content (AvgIpc) is 2.25. The second kappa shape index (κ2) is 4.45. The van der Waals surface area contributed by atoms with Gasteiger partial charge < -0.3 is 14.6 Å². The molecule has 0 radical (unpaired) electrons. The molecule has 6 heteroatoms. The quantitative estimate of drug-likeness (QED) is 0.900. The Bertz CT molecular complexity index is 518. The molecule has 104 valence electrons. The Hall–Kier alpha value is -1.69. The maximum Gasteiger partial charge on any atom is 0.573 e. The van der Waals surface area contributed by atoms with Crippen molar-refractivity contribution < 1.29 is 27.8 Å². The lowest BCUT2D eigenvalue weighted by atomic mass is 9.95. The molecule has 1 aliphatic rings. The summed E-state index contributed by atoms with van der Waals surface area (Å²) in [5.74, 6) is 0.0833. The van der Waals surface area contributed by atoms with Gasteiger partial charge in [0.05, 0.1) is 6.61 Å². The number of hydrogen-bond donors (Lipinski definition) is 1. The second-order valence-corrected chi connectivity index (χ2v) is 4.74. The smallest absolute Gasteiger partial charge is 0.483 e. The molecule has 19 heavy (non-hydrogen) atoms. The molecule has 2 rings (SSSR count). The van der Waals surface area contributed by atoms with Crippen LogP contribution in [0.5, 0.6) is 11.5 Å². The summed E-state index contributed by atoms with van der Waals surface area (Å²) in [5, 5.41) is 9.31. The van der Waals surface area contributed by atoms with Crippen LogP contribution in [0.3, 0.4) is 0 Å². The summed E-state index contributed by atoms with van der Waals surface area (Å²) in [6.07, 6.45) is -3.07. The number of alkyl halides is 3. The Morgan fingerprint density at radius 1 is 1.32 bits per heavy atom. The lowest BCUT2D eigenvalue weighted by Crippen LogP contribution is -2.29. The normalized spacial score (nSPS) is 17.3. The lowest BCUT2D eigenvalue weighted by molar-refractivity contribution is -0.274. The summed E-state index contributed by atoms with van der Waals surface area (Å²) >= 11 is 0. The molecule has 0 bridgehead atoms. The number of ether oxygens (including phenoxy) is 2. The maximum absolute atomic E-state index is 12.2. The molecule has 0 aromatic heterocycles. The SMILES string of the molecule is CC1(C)C=C(CO)c2cc(OC(F)(F)F)ccc2O1. The highest BCUT2D eigenvalue weighted by Gasteiger charge is 2.32. The van der Waals surface area contributed by atoms with Gasteiger partial charge in [-0.3, -0.25) is 0 Å². The third kappa shape index (κ3) is 3.20. The van der Waals surface area contributed by atoms with Gasteiger partial charge in [-0.1, -0.05) is 0 Å².